The van der Waals surface area contributed by atoms with Crippen molar-refractivity contribution in [1.29, 1.82) is 0 Å². The highest BCUT2D eigenvalue weighted by Gasteiger charge is 2.35. The molecule has 1 aliphatic carbocycles. The molecule has 2 aromatic rings. The number of oxazole rings is 1. The monoisotopic (exact) mass is 344 g/mol. The van der Waals surface area contributed by atoms with E-state index in [0.717, 1.165) is 38.0 Å². The highest BCUT2D eigenvalue weighted by atomic mass is 19.1. The fraction of sp³-hybridized carbons (Fsp3) is 0.474. The molecule has 2 aliphatic rings. The summed E-state index contributed by atoms with van der Waals surface area (Å²) in [4.78, 5) is 18.8. The fourth-order valence-electron chi connectivity index (χ4n) is 3.33. The standard InChI is InChI=1S/C19H21FN2O3/c20-15-5-7-16(8-6-15)24-11-13-2-1-9-22(10-13)19(23)17-18(14-3-4-14)25-12-21-17/h5-8,12-14H,1-4,9-11H2. The lowest BCUT2D eigenvalue weighted by Crippen LogP contribution is -2.42. The second kappa shape index (κ2) is 6.86. The maximum Gasteiger partial charge on any atom is 0.276 e. The van der Waals surface area contributed by atoms with E-state index in [4.69, 9.17) is 9.15 Å². The van der Waals surface area contributed by atoms with Crippen LogP contribution in [0.1, 0.15) is 47.8 Å². The predicted octanol–water partition coefficient (Wildman–Crippen LogP) is 3.62. The van der Waals surface area contributed by atoms with Crippen molar-refractivity contribution in [3.8, 4) is 5.75 Å². The number of carbonyl (C=O) groups excluding carboxylic acids is 1. The van der Waals surface area contributed by atoms with E-state index >= 15 is 0 Å². The van der Waals surface area contributed by atoms with Gasteiger partial charge in [0.15, 0.2) is 12.1 Å². The van der Waals surface area contributed by atoms with Gasteiger partial charge in [0, 0.05) is 24.9 Å². The highest BCUT2D eigenvalue weighted by Crippen LogP contribution is 2.41. The normalized spacial score (nSPS) is 20.5. The van der Waals surface area contributed by atoms with Crippen molar-refractivity contribution < 1.29 is 18.3 Å². The third kappa shape index (κ3) is 3.67. The van der Waals surface area contributed by atoms with Gasteiger partial charge in [0.25, 0.3) is 5.91 Å². The Morgan fingerprint density at radius 1 is 1.28 bits per heavy atom. The van der Waals surface area contributed by atoms with Crippen molar-refractivity contribution in [2.75, 3.05) is 19.7 Å². The largest absolute Gasteiger partial charge is 0.493 e. The van der Waals surface area contributed by atoms with E-state index in [-0.39, 0.29) is 17.6 Å². The van der Waals surface area contributed by atoms with Crippen LogP contribution in [-0.4, -0.2) is 35.5 Å². The van der Waals surface area contributed by atoms with Crippen molar-refractivity contribution in [2.24, 2.45) is 5.92 Å². The molecule has 1 unspecified atom stereocenters. The molecule has 5 nitrogen and oxygen atoms in total. The summed E-state index contributed by atoms with van der Waals surface area (Å²) in [5.41, 5.74) is 0.475. The number of piperidine rings is 1. The van der Waals surface area contributed by atoms with E-state index in [2.05, 4.69) is 4.98 Å². The average molecular weight is 344 g/mol. The number of carbonyl (C=O) groups is 1. The Morgan fingerprint density at radius 3 is 2.84 bits per heavy atom. The number of amides is 1. The van der Waals surface area contributed by atoms with Crippen LogP contribution in [0.2, 0.25) is 0 Å². The Labute approximate surface area is 145 Å². The summed E-state index contributed by atoms with van der Waals surface area (Å²) in [5, 5.41) is 0. The third-order valence-electron chi connectivity index (χ3n) is 4.85. The maximum atomic E-state index is 12.9. The van der Waals surface area contributed by atoms with Crippen LogP contribution in [-0.2, 0) is 0 Å². The molecule has 0 N–H and O–H groups in total. The minimum atomic E-state index is -0.277. The predicted molar refractivity (Wildman–Crippen MR) is 89.0 cm³/mol. The van der Waals surface area contributed by atoms with Crippen molar-refractivity contribution in [3.05, 3.63) is 47.9 Å². The zero-order valence-electron chi connectivity index (χ0n) is 14.0. The Kier molecular flexibility index (Phi) is 4.42. The topological polar surface area (TPSA) is 55.6 Å². The van der Waals surface area contributed by atoms with Gasteiger partial charge in [-0.1, -0.05) is 0 Å². The zero-order chi connectivity index (χ0) is 17.2. The quantitative estimate of drug-likeness (QED) is 0.831. The van der Waals surface area contributed by atoms with Gasteiger partial charge in [-0.2, -0.15) is 0 Å². The van der Waals surface area contributed by atoms with Crippen LogP contribution < -0.4 is 4.74 Å². The highest BCUT2D eigenvalue weighted by molar-refractivity contribution is 5.93. The molecule has 4 rings (SSSR count). The van der Waals surface area contributed by atoms with Gasteiger partial charge in [0.1, 0.15) is 17.3 Å². The first-order chi connectivity index (χ1) is 12.2. The molecule has 1 aromatic heterocycles. The lowest BCUT2D eigenvalue weighted by Gasteiger charge is -2.32. The molecule has 1 saturated heterocycles. The summed E-state index contributed by atoms with van der Waals surface area (Å²) < 4.78 is 24.1. The summed E-state index contributed by atoms with van der Waals surface area (Å²) in [5.74, 6) is 1.71. The molecule has 2 fully saturated rings. The Bertz CT molecular complexity index is 739. The Balaban J connectivity index is 1.36. The molecule has 1 aromatic carbocycles. The first-order valence-corrected chi connectivity index (χ1v) is 8.81. The SMILES string of the molecule is O=C(c1ncoc1C1CC1)N1CCCC(COc2ccc(F)cc2)C1. The molecule has 132 valence electrons. The van der Waals surface area contributed by atoms with Crippen LogP contribution in [0, 0.1) is 11.7 Å². The molecule has 1 atom stereocenters. The molecule has 1 amide bonds. The Hall–Kier alpha value is -2.37. The smallest absolute Gasteiger partial charge is 0.276 e. The van der Waals surface area contributed by atoms with Gasteiger partial charge in [0.05, 0.1) is 6.61 Å². The second-order valence-corrected chi connectivity index (χ2v) is 6.86. The molecule has 1 aliphatic heterocycles. The number of hydrogen-bond donors (Lipinski definition) is 0. The van der Waals surface area contributed by atoms with Crippen LogP contribution >= 0.6 is 0 Å². The van der Waals surface area contributed by atoms with Gasteiger partial charge in [-0.05, 0) is 49.9 Å². The van der Waals surface area contributed by atoms with Crippen LogP contribution in [0.3, 0.4) is 0 Å². The van der Waals surface area contributed by atoms with Crippen LogP contribution in [0.5, 0.6) is 5.75 Å². The number of hydrogen-bond acceptors (Lipinski definition) is 4. The first kappa shape index (κ1) is 16.1. The van der Waals surface area contributed by atoms with E-state index in [9.17, 15) is 9.18 Å². The number of nitrogens with zero attached hydrogens (tertiary/aromatic N) is 2. The van der Waals surface area contributed by atoms with Crippen molar-refractivity contribution in [3.63, 3.8) is 0 Å². The summed E-state index contributed by atoms with van der Waals surface area (Å²) >= 11 is 0. The number of rotatable bonds is 5. The van der Waals surface area contributed by atoms with Gasteiger partial charge >= 0.3 is 0 Å². The van der Waals surface area contributed by atoms with Crippen molar-refractivity contribution in [2.45, 2.75) is 31.6 Å². The van der Waals surface area contributed by atoms with Crippen LogP contribution in [0.15, 0.2) is 35.1 Å². The average Bonchev–Trinajstić information content (AvgIpc) is 3.37. The maximum absolute atomic E-state index is 12.9. The fourth-order valence-corrected chi connectivity index (χ4v) is 3.33. The molecular weight excluding hydrogens is 323 g/mol. The van der Waals surface area contributed by atoms with E-state index in [1.54, 1.807) is 12.1 Å². The minimum Gasteiger partial charge on any atom is -0.493 e. The van der Waals surface area contributed by atoms with E-state index in [0.29, 0.717) is 30.5 Å². The number of halogens is 1. The molecular formula is C19H21FN2O3. The Morgan fingerprint density at radius 2 is 2.08 bits per heavy atom. The molecule has 1 saturated carbocycles. The number of aromatic nitrogens is 1. The van der Waals surface area contributed by atoms with Gasteiger partial charge in [-0.25, -0.2) is 9.37 Å². The lowest BCUT2D eigenvalue weighted by atomic mass is 9.98. The third-order valence-corrected chi connectivity index (χ3v) is 4.85. The summed E-state index contributed by atoms with van der Waals surface area (Å²) in [6.07, 6.45) is 5.48. The van der Waals surface area contributed by atoms with Gasteiger partial charge in [-0.15, -0.1) is 0 Å². The van der Waals surface area contributed by atoms with Gasteiger partial charge in [0.2, 0.25) is 0 Å². The van der Waals surface area contributed by atoms with Crippen molar-refractivity contribution >= 4 is 5.91 Å². The minimum absolute atomic E-state index is 0.0397. The summed E-state index contributed by atoms with van der Waals surface area (Å²) in [7, 11) is 0. The molecule has 0 spiro atoms. The molecule has 0 bridgehead atoms. The molecule has 25 heavy (non-hydrogen) atoms. The van der Waals surface area contributed by atoms with Crippen molar-refractivity contribution in [1.82, 2.24) is 9.88 Å². The van der Waals surface area contributed by atoms with E-state index in [1.807, 2.05) is 4.90 Å². The molecule has 0 radical (unpaired) electrons. The lowest BCUT2D eigenvalue weighted by molar-refractivity contribution is 0.0626. The number of ether oxygens (including phenoxy) is 1. The second-order valence-electron chi connectivity index (χ2n) is 6.86. The number of benzene rings is 1. The van der Waals surface area contributed by atoms with E-state index in [1.165, 1.54) is 18.5 Å². The molecule has 2 heterocycles. The zero-order valence-corrected chi connectivity index (χ0v) is 14.0. The van der Waals surface area contributed by atoms with Gasteiger partial charge < -0.3 is 14.1 Å². The van der Waals surface area contributed by atoms with Gasteiger partial charge in [-0.3, -0.25) is 4.79 Å². The van der Waals surface area contributed by atoms with Crippen LogP contribution in [0.25, 0.3) is 0 Å². The molecule has 6 heteroatoms. The summed E-state index contributed by atoms with van der Waals surface area (Å²) in [6, 6.07) is 6.02. The first-order valence-electron chi connectivity index (χ1n) is 8.81. The number of likely N-dealkylation sites (tertiary alicyclic amines) is 1. The van der Waals surface area contributed by atoms with Crippen LogP contribution in [0.4, 0.5) is 4.39 Å². The van der Waals surface area contributed by atoms with E-state index < -0.39 is 0 Å². The summed E-state index contributed by atoms with van der Waals surface area (Å²) in [6.45, 7) is 1.91.